The minimum absolute atomic E-state index is 0.136. The Hall–Kier alpha value is -2.25. The number of aromatic nitrogens is 5. The van der Waals surface area contributed by atoms with Gasteiger partial charge in [-0.05, 0) is 13.8 Å². The summed E-state index contributed by atoms with van der Waals surface area (Å²) < 4.78 is 11.4. The van der Waals surface area contributed by atoms with Crippen LogP contribution < -0.4 is 0 Å². The van der Waals surface area contributed by atoms with E-state index < -0.39 is 5.97 Å². The number of carbonyl (C=O) groups is 1. The Morgan fingerprint density at radius 1 is 1.39 bits per heavy atom. The molecular weight excluding hydrogens is 238 g/mol. The molecule has 0 aliphatic carbocycles. The molecule has 0 radical (unpaired) electrons. The van der Waals surface area contributed by atoms with Gasteiger partial charge in [-0.25, -0.2) is 4.79 Å². The lowest BCUT2D eigenvalue weighted by atomic mass is 10.5. The van der Waals surface area contributed by atoms with Gasteiger partial charge in [-0.1, -0.05) is 5.16 Å². The molecule has 18 heavy (non-hydrogen) atoms. The SMILES string of the molecule is CCOC(=O)c1nnc(C)n1Cc1noc(C)n1. The van der Waals surface area contributed by atoms with Crippen LogP contribution in [0, 0.1) is 13.8 Å². The lowest BCUT2D eigenvalue weighted by Gasteiger charge is -2.04. The van der Waals surface area contributed by atoms with Crippen LogP contribution in [0.5, 0.6) is 0 Å². The highest BCUT2D eigenvalue weighted by Crippen LogP contribution is 2.07. The first-order chi connectivity index (χ1) is 8.61. The van der Waals surface area contributed by atoms with Gasteiger partial charge >= 0.3 is 5.97 Å². The van der Waals surface area contributed by atoms with Crippen molar-refractivity contribution in [3.63, 3.8) is 0 Å². The summed E-state index contributed by atoms with van der Waals surface area (Å²) >= 11 is 0. The highest BCUT2D eigenvalue weighted by molar-refractivity contribution is 5.85. The van der Waals surface area contributed by atoms with Crippen LogP contribution in [-0.2, 0) is 11.3 Å². The van der Waals surface area contributed by atoms with Crippen molar-refractivity contribution in [3.05, 3.63) is 23.4 Å². The molecule has 8 nitrogen and oxygen atoms in total. The Labute approximate surface area is 103 Å². The number of aryl methyl sites for hydroxylation is 2. The Morgan fingerprint density at radius 3 is 2.78 bits per heavy atom. The summed E-state index contributed by atoms with van der Waals surface area (Å²) in [5.74, 6) is 1.13. The van der Waals surface area contributed by atoms with Gasteiger partial charge in [-0.2, -0.15) is 4.98 Å². The third-order valence-corrected chi connectivity index (χ3v) is 2.26. The van der Waals surface area contributed by atoms with E-state index in [9.17, 15) is 4.79 Å². The molecule has 96 valence electrons. The number of ether oxygens (including phenoxy) is 1. The maximum atomic E-state index is 11.7. The van der Waals surface area contributed by atoms with Gasteiger partial charge < -0.3 is 9.26 Å². The zero-order valence-electron chi connectivity index (χ0n) is 10.4. The van der Waals surface area contributed by atoms with Crippen LogP contribution >= 0.6 is 0 Å². The third kappa shape index (κ3) is 2.36. The summed E-state index contributed by atoms with van der Waals surface area (Å²) in [7, 11) is 0. The van der Waals surface area contributed by atoms with Gasteiger partial charge in [0.25, 0.3) is 0 Å². The number of hydrogen-bond donors (Lipinski definition) is 0. The molecule has 0 aromatic carbocycles. The van der Waals surface area contributed by atoms with Crippen molar-refractivity contribution in [2.24, 2.45) is 0 Å². The molecule has 0 amide bonds. The highest BCUT2D eigenvalue weighted by Gasteiger charge is 2.19. The van der Waals surface area contributed by atoms with E-state index in [4.69, 9.17) is 9.26 Å². The second-order valence-electron chi connectivity index (χ2n) is 3.61. The van der Waals surface area contributed by atoms with Crippen molar-refractivity contribution in [3.8, 4) is 0 Å². The summed E-state index contributed by atoms with van der Waals surface area (Å²) in [6.07, 6.45) is 0. The van der Waals surface area contributed by atoms with Gasteiger partial charge in [0, 0.05) is 6.92 Å². The lowest BCUT2D eigenvalue weighted by Crippen LogP contribution is -2.15. The van der Waals surface area contributed by atoms with Crippen molar-refractivity contribution in [2.45, 2.75) is 27.3 Å². The number of rotatable bonds is 4. The Kier molecular flexibility index (Phi) is 3.35. The summed E-state index contributed by atoms with van der Waals surface area (Å²) in [5.41, 5.74) is 0. The third-order valence-electron chi connectivity index (χ3n) is 2.26. The van der Waals surface area contributed by atoms with E-state index in [2.05, 4.69) is 20.3 Å². The first-order valence-electron chi connectivity index (χ1n) is 5.48. The van der Waals surface area contributed by atoms with Crippen molar-refractivity contribution >= 4 is 5.97 Å². The molecule has 0 aliphatic heterocycles. The molecule has 0 spiro atoms. The van der Waals surface area contributed by atoms with Gasteiger partial charge in [-0.3, -0.25) is 4.57 Å². The first kappa shape index (κ1) is 12.2. The largest absolute Gasteiger partial charge is 0.460 e. The second-order valence-corrected chi connectivity index (χ2v) is 3.61. The molecule has 0 unspecified atom stereocenters. The van der Waals surface area contributed by atoms with Crippen LogP contribution in [-0.4, -0.2) is 37.5 Å². The number of carbonyl (C=O) groups excluding carboxylic acids is 1. The average molecular weight is 251 g/mol. The fourth-order valence-corrected chi connectivity index (χ4v) is 1.46. The lowest BCUT2D eigenvalue weighted by molar-refractivity contribution is 0.0506. The molecule has 0 bridgehead atoms. The monoisotopic (exact) mass is 251 g/mol. The van der Waals surface area contributed by atoms with E-state index in [1.54, 1.807) is 25.3 Å². The minimum Gasteiger partial charge on any atom is -0.460 e. The zero-order chi connectivity index (χ0) is 13.1. The Bertz CT molecular complexity index is 560. The zero-order valence-corrected chi connectivity index (χ0v) is 10.4. The van der Waals surface area contributed by atoms with Gasteiger partial charge in [-0.15, -0.1) is 10.2 Å². The molecule has 2 heterocycles. The average Bonchev–Trinajstić information content (AvgIpc) is 2.88. The van der Waals surface area contributed by atoms with Crippen LogP contribution in [0.2, 0.25) is 0 Å². The van der Waals surface area contributed by atoms with Crippen molar-refractivity contribution < 1.29 is 14.1 Å². The molecule has 0 saturated carbocycles. The van der Waals surface area contributed by atoms with Gasteiger partial charge in [0.1, 0.15) is 5.82 Å². The minimum atomic E-state index is -0.515. The van der Waals surface area contributed by atoms with Crippen LogP contribution in [0.15, 0.2) is 4.52 Å². The molecule has 0 N–H and O–H groups in total. The summed E-state index contributed by atoms with van der Waals surface area (Å²) in [4.78, 5) is 15.7. The molecule has 2 aromatic rings. The van der Waals surface area contributed by atoms with Crippen molar-refractivity contribution in [1.82, 2.24) is 24.9 Å². The number of nitrogens with zero attached hydrogens (tertiary/aromatic N) is 5. The summed E-state index contributed by atoms with van der Waals surface area (Å²) in [6.45, 7) is 5.72. The van der Waals surface area contributed by atoms with Gasteiger partial charge in [0.05, 0.1) is 13.2 Å². The molecule has 2 aromatic heterocycles. The van der Waals surface area contributed by atoms with Crippen LogP contribution in [0.4, 0.5) is 0 Å². The molecule has 0 atom stereocenters. The summed E-state index contributed by atoms with van der Waals surface area (Å²) in [5, 5.41) is 11.4. The van der Waals surface area contributed by atoms with E-state index in [1.165, 1.54) is 0 Å². The maximum absolute atomic E-state index is 11.7. The molecule has 0 aliphatic rings. The fraction of sp³-hybridized carbons (Fsp3) is 0.500. The van der Waals surface area contributed by atoms with E-state index in [-0.39, 0.29) is 19.0 Å². The topological polar surface area (TPSA) is 95.9 Å². The van der Waals surface area contributed by atoms with Gasteiger partial charge in [0.15, 0.2) is 5.82 Å². The molecule has 8 heteroatoms. The Balaban J connectivity index is 2.26. The van der Waals surface area contributed by atoms with Crippen LogP contribution in [0.3, 0.4) is 0 Å². The Morgan fingerprint density at radius 2 is 2.17 bits per heavy atom. The van der Waals surface area contributed by atoms with E-state index >= 15 is 0 Å². The van der Waals surface area contributed by atoms with Crippen molar-refractivity contribution in [1.29, 1.82) is 0 Å². The fourth-order valence-electron chi connectivity index (χ4n) is 1.46. The maximum Gasteiger partial charge on any atom is 0.376 e. The normalized spacial score (nSPS) is 10.6. The predicted octanol–water partition coefficient (Wildman–Crippen LogP) is 0.503. The smallest absolute Gasteiger partial charge is 0.376 e. The molecule has 2 rings (SSSR count). The predicted molar refractivity (Wildman–Crippen MR) is 58.9 cm³/mol. The first-order valence-corrected chi connectivity index (χ1v) is 5.48. The van der Waals surface area contributed by atoms with Gasteiger partial charge in [0.2, 0.25) is 11.7 Å². The summed E-state index contributed by atoms with van der Waals surface area (Å²) in [6, 6.07) is 0. The van der Waals surface area contributed by atoms with E-state index in [0.29, 0.717) is 17.5 Å². The van der Waals surface area contributed by atoms with Crippen LogP contribution in [0.1, 0.15) is 35.1 Å². The molecular formula is C10H13N5O3. The van der Waals surface area contributed by atoms with Crippen LogP contribution in [0.25, 0.3) is 0 Å². The standard InChI is InChI=1S/C10H13N5O3/c1-4-17-10(16)9-13-12-6(2)15(9)5-8-11-7(3)18-14-8/h4-5H2,1-3H3. The van der Waals surface area contributed by atoms with E-state index in [0.717, 1.165) is 0 Å². The number of esters is 1. The van der Waals surface area contributed by atoms with Crippen molar-refractivity contribution in [2.75, 3.05) is 6.61 Å². The van der Waals surface area contributed by atoms with E-state index in [1.807, 2.05) is 0 Å². The molecule has 0 saturated heterocycles. The highest BCUT2D eigenvalue weighted by atomic mass is 16.5. The molecule has 0 fully saturated rings. The number of hydrogen-bond acceptors (Lipinski definition) is 7. The quantitative estimate of drug-likeness (QED) is 0.730. The second kappa shape index (κ2) is 4.94.